The minimum atomic E-state index is -1.03. The van der Waals surface area contributed by atoms with Crippen LogP contribution in [0.3, 0.4) is 0 Å². The molecular formula is C12H18N2O3S. The molecule has 100 valence electrons. The molecule has 0 radical (unpaired) electrons. The summed E-state index contributed by atoms with van der Waals surface area (Å²) < 4.78 is 0. The molecule has 0 aliphatic rings. The van der Waals surface area contributed by atoms with Gasteiger partial charge in [0.25, 0.3) is 0 Å². The van der Waals surface area contributed by atoms with E-state index in [2.05, 4.69) is 17.6 Å². The highest BCUT2D eigenvalue weighted by atomic mass is 32.1. The van der Waals surface area contributed by atoms with Gasteiger partial charge in [-0.3, -0.25) is 5.32 Å². The number of thiophene rings is 1. The van der Waals surface area contributed by atoms with Crippen molar-refractivity contribution in [2.24, 2.45) is 0 Å². The van der Waals surface area contributed by atoms with Gasteiger partial charge in [0, 0.05) is 6.54 Å². The summed E-state index contributed by atoms with van der Waals surface area (Å²) in [6, 6.07) is 1.13. The summed E-state index contributed by atoms with van der Waals surface area (Å²) in [5.41, 5.74) is 0.126. The Morgan fingerprint density at radius 1 is 1.33 bits per heavy atom. The van der Waals surface area contributed by atoms with Crippen molar-refractivity contribution in [3.63, 3.8) is 0 Å². The van der Waals surface area contributed by atoms with Gasteiger partial charge in [-0.05, 0) is 17.9 Å². The molecule has 1 rings (SSSR count). The van der Waals surface area contributed by atoms with Crippen LogP contribution in [0.25, 0.3) is 0 Å². The van der Waals surface area contributed by atoms with E-state index in [1.165, 1.54) is 17.4 Å². The van der Waals surface area contributed by atoms with Crippen LogP contribution in [-0.2, 0) is 0 Å². The van der Waals surface area contributed by atoms with Gasteiger partial charge in [0.2, 0.25) is 0 Å². The summed E-state index contributed by atoms with van der Waals surface area (Å²) in [6.45, 7) is 2.74. The molecule has 0 saturated carbocycles. The van der Waals surface area contributed by atoms with E-state index in [4.69, 9.17) is 5.11 Å². The van der Waals surface area contributed by atoms with E-state index in [0.717, 1.165) is 25.7 Å². The van der Waals surface area contributed by atoms with Crippen molar-refractivity contribution in [2.45, 2.75) is 32.6 Å². The average Bonchev–Trinajstić information content (AvgIpc) is 2.77. The molecule has 0 aliphatic carbocycles. The molecule has 3 N–H and O–H groups in total. The van der Waals surface area contributed by atoms with Gasteiger partial charge in [-0.25, -0.2) is 9.59 Å². The molecule has 0 saturated heterocycles. The maximum atomic E-state index is 11.5. The SMILES string of the molecule is CCCCCCNC(=O)Nc1sccc1C(=O)O. The van der Waals surface area contributed by atoms with Gasteiger partial charge in [-0.2, -0.15) is 0 Å². The third-order valence-electron chi connectivity index (χ3n) is 2.44. The van der Waals surface area contributed by atoms with Gasteiger partial charge < -0.3 is 10.4 Å². The van der Waals surface area contributed by atoms with E-state index in [1.54, 1.807) is 5.38 Å². The lowest BCUT2D eigenvalue weighted by Gasteiger charge is -2.06. The third kappa shape index (κ3) is 4.75. The summed E-state index contributed by atoms with van der Waals surface area (Å²) in [6.07, 6.45) is 4.36. The van der Waals surface area contributed by atoms with Gasteiger partial charge in [-0.1, -0.05) is 26.2 Å². The number of anilines is 1. The zero-order chi connectivity index (χ0) is 13.4. The smallest absolute Gasteiger partial charge is 0.338 e. The fraction of sp³-hybridized carbons (Fsp3) is 0.500. The molecule has 2 amide bonds. The van der Waals surface area contributed by atoms with Crippen molar-refractivity contribution in [1.29, 1.82) is 0 Å². The number of carbonyl (C=O) groups is 2. The Morgan fingerprint density at radius 3 is 2.78 bits per heavy atom. The molecule has 1 aromatic rings. The predicted molar refractivity (Wildman–Crippen MR) is 72.4 cm³/mol. The van der Waals surface area contributed by atoms with Crippen molar-refractivity contribution in [3.05, 3.63) is 17.0 Å². The third-order valence-corrected chi connectivity index (χ3v) is 3.27. The zero-order valence-corrected chi connectivity index (χ0v) is 11.2. The second-order valence-corrected chi connectivity index (χ2v) is 4.83. The number of urea groups is 1. The van der Waals surface area contributed by atoms with Gasteiger partial charge >= 0.3 is 12.0 Å². The Bertz CT molecular complexity index is 404. The van der Waals surface area contributed by atoms with Gasteiger partial charge in [-0.15, -0.1) is 11.3 Å². The first-order chi connectivity index (χ1) is 8.65. The summed E-state index contributed by atoms with van der Waals surface area (Å²) in [5.74, 6) is -1.03. The zero-order valence-electron chi connectivity index (χ0n) is 10.4. The number of nitrogens with one attached hydrogen (secondary N) is 2. The highest BCUT2D eigenvalue weighted by Crippen LogP contribution is 2.22. The van der Waals surface area contributed by atoms with Crippen LogP contribution < -0.4 is 10.6 Å². The van der Waals surface area contributed by atoms with Crippen molar-refractivity contribution in [1.82, 2.24) is 5.32 Å². The molecule has 5 nitrogen and oxygen atoms in total. The van der Waals surface area contributed by atoms with E-state index in [0.29, 0.717) is 11.5 Å². The number of carbonyl (C=O) groups excluding carboxylic acids is 1. The quantitative estimate of drug-likeness (QED) is 0.666. The average molecular weight is 270 g/mol. The van der Waals surface area contributed by atoms with Crippen LogP contribution in [0.15, 0.2) is 11.4 Å². The highest BCUT2D eigenvalue weighted by Gasteiger charge is 2.13. The first-order valence-electron chi connectivity index (χ1n) is 6.00. The minimum Gasteiger partial charge on any atom is -0.478 e. The van der Waals surface area contributed by atoms with E-state index in [1.807, 2.05) is 0 Å². The number of unbranched alkanes of at least 4 members (excludes halogenated alkanes) is 3. The fourth-order valence-corrected chi connectivity index (χ4v) is 2.25. The Hall–Kier alpha value is -1.56. The predicted octanol–water partition coefficient (Wildman–Crippen LogP) is 3.15. The molecule has 0 unspecified atom stereocenters. The van der Waals surface area contributed by atoms with E-state index in [-0.39, 0.29) is 11.6 Å². The molecule has 1 aromatic heterocycles. The molecule has 6 heteroatoms. The largest absolute Gasteiger partial charge is 0.478 e. The first-order valence-corrected chi connectivity index (χ1v) is 6.88. The number of aromatic carboxylic acids is 1. The van der Waals surface area contributed by atoms with E-state index < -0.39 is 5.97 Å². The lowest BCUT2D eigenvalue weighted by Crippen LogP contribution is -2.29. The molecular weight excluding hydrogens is 252 g/mol. The number of amides is 2. The highest BCUT2D eigenvalue weighted by molar-refractivity contribution is 7.14. The summed E-state index contributed by atoms with van der Waals surface area (Å²) >= 11 is 1.20. The lowest BCUT2D eigenvalue weighted by atomic mass is 10.2. The van der Waals surface area contributed by atoms with Gasteiger partial charge in [0.05, 0.1) is 5.56 Å². The molecule has 0 fully saturated rings. The van der Waals surface area contributed by atoms with Crippen LogP contribution in [0.1, 0.15) is 43.0 Å². The Kier molecular flexibility index (Phi) is 6.21. The minimum absolute atomic E-state index is 0.126. The van der Waals surface area contributed by atoms with Crippen LogP contribution in [0.2, 0.25) is 0 Å². The topological polar surface area (TPSA) is 78.4 Å². The van der Waals surface area contributed by atoms with Crippen LogP contribution in [0.5, 0.6) is 0 Å². The number of carboxylic acids is 1. The molecule has 0 aromatic carbocycles. The number of rotatable bonds is 7. The summed E-state index contributed by atoms with van der Waals surface area (Å²) in [4.78, 5) is 22.3. The van der Waals surface area contributed by atoms with Crippen LogP contribution in [0, 0.1) is 0 Å². The normalized spacial score (nSPS) is 10.1. The van der Waals surface area contributed by atoms with Crippen LogP contribution >= 0.6 is 11.3 Å². The van der Waals surface area contributed by atoms with Crippen LogP contribution in [0.4, 0.5) is 9.80 Å². The van der Waals surface area contributed by atoms with Crippen molar-refractivity contribution in [2.75, 3.05) is 11.9 Å². The van der Waals surface area contributed by atoms with Gasteiger partial charge in [0.15, 0.2) is 0 Å². The summed E-state index contributed by atoms with van der Waals surface area (Å²) in [5, 5.41) is 16.1. The second kappa shape index (κ2) is 7.71. The van der Waals surface area contributed by atoms with E-state index >= 15 is 0 Å². The molecule has 18 heavy (non-hydrogen) atoms. The molecule has 0 bridgehead atoms. The molecule has 0 aliphatic heterocycles. The fourth-order valence-electron chi connectivity index (χ4n) is 1.48. The maximum Gasteiger partial charge on any atom is 0.338 e. The first kappa shape index (κ1) is 14.5. The van der Waals surface area contributed by atoms with Gasteiger partial charge in [0.1, 0.15) is 5.00 Å². The summed E-state index contributed by atoms with van der Waals surface area (Å²) in [7, 11) is 0. The molecule has 0 spiro atoms. The Morgan fingerprint density at radius 2 is 2.11 bits per heavy atom. The van der Waals surface area contributed by atoms with Crippen molar-refractivity contribution >= 4 is 28.3 Å². The number of carboxylic acid groups (broad SMARTS) is 1. The molecule has 0 atom stereocenters. The van der Waals surface area contributed by atoms with Crippen molar-refractivity contribution in [3.8, 4) is 0 Å². The number of hydrogen-bond acceptors (Lipinski definition) is 3. The Balaban J connectivity index is 2.31. The van der Waals surface area contributed by atoms with E-state index in [9.17, 15) is 9.59 Å². The number of hydrogen-bond donors (Lipinski definition) is 3. The monoisotopic (exact) mass is 270 g/mol. The lowest BCUT2D eigenvalue weighted by molar-refractivity contribution is 0.0698. The second-order valence-electron chi connectivity index (χ2n) is 3.91. The maximum absolute atomic E-state index is 11.5. The Labute approximate surface area is 110 Å². The van der Waals surface area contributed by atoms with Crippen molar-refractivity contribution < 1.29 is 14.7 Å². The molecule has 1 heterocycles. The standard InChI is InChI=1S/C12H18N2O3S/c1-2-3-4-5-7-13-12(17)14-10-9(11(15)16)6-8-18-10/h6,8H,2-5,7H2,1H3,(H,15,16)(H2,13,14,17). The van der Waals surface area contributed by atoms with Crippen LogP contribution in [-0.4, -0.2) is 23.7 Å².